The maximum atomic E-state index is 13.3. The van der Waals surface area contributed by atoms with Crippen LogP contribution in [-0.4, -0.2) is 22.1 Å². The van der Waals surface area contributed by atoms with Crippen molar-refractivity contribution < 1.29 is 13.9 Å². The first-order valence-corrected chi connectivity index (χ1v) is 6.95. The standard InChI is InChI=1S/C14H12BrFN2O3/c1-3-21-14(20)11-5-12(15)8(2)18(13(11)19)10-4-9(16)6-17-7-10/h4-7H,3H2,1-2H3. The molecule has 0 amide bonds. The Morgan fingerprint density at radius 1 is 1.43 bits per heavy atom. The van der Waals surface area contributed by atoms with E-state index in [1.54, 1.807) is 13.8 Å². The van der Waals surface area contributed by atoms with Gasteiger partial charge in [-0.15, -0.1) is 0 Å². The van der Waals surface area contributed by atoms with Crippen LogP contribution in [0.2, 0.25) is 0 Å². The fraction of sp³-hybridized carbons (Fsp3) is 0.214. The number of halogens is 2. The van der Waals surface area contributed by atoms with Crippen molar-refractivity contribution >= 4 is 21.9 Å². The summed E-state index contributed by atoms with van der Waals surface area (Å²) >= 11 is 3.28. The molecule has 5 nitrogen and oxygen atoms in total. The average Bonchev–Trinajstić information content (AvgIpc) is 2.43. The zero-order valence-electron chi connectivity index (χ0n) is 11.4. The lowest BCUT2D eigenvalue weighted by Crippen LogP contribution is -2.28. The van der Waals surface area contributed by atoms with Crippen molar-refractivity contribution in [3.05, 3.63) is 56.4 Å². The van der Waals surface area contributed by atoms with E-state index in [1.165, 1.54) is 22.9 Å². The van der Waals surface area contributed by atoms with Crippen molar-refractivity contribution in [3.8, 4) is 5.69 Å². The van der Waals surface area contributed by atoms with Gasteiger partial charge in [0.25, 0.3) is 5.56 Å². The van der Waals surface area contributed by atoms with Crippen molar-refractivity contribution in [1.29, 1.82) is 0 Å². The van der Waals surface area contributed by atoms with Crippen LogP contribution in [0.5, 0.6) is 0 Å². The lowest BCUT2D eigenvalue weighted by Gasteiger charge is -2.13. The van der Waals surface area contributed by atoms with Crippen LogP contribution < -0.4 is 5.56 Å². The molecule has 2 aromatic rings. The summed E-state index contributed by atoms with van der Waals surface area (Å²) in [5.41, 5.74) is 0.0601. The van der Waals surface area contributed by atoms with Gasteiger partial charge >= 0.3 is 5.97 Å². The number of aromatic nitrogens is 2. The highest BCUT2D eigenvalue weighted by molar-refractivity contribution is 9.10. The monoisotopic (exact) mass is 354 g/mol. The molecule has 0 saturated heterocycles. The third-order valence-electron chi connectivity index (χ3n) is 2.83. The van der Waals surface area contributed by atoms with E-state index in [9.17, 15) is 14.0 Å². The van der Waals surface area contributed by atoms with E-state index in [-0.39, 0.29) is 17.9 Å². The number of carbonyl (C=O) groups is 1. The van der Waals surface area contributed by atoms with Crippen LogP contribution in [0.1, 0.15) is 23.0 Å². The molecule has 0 saturated carbocycles. The highest BCUT2D eigenvalue weighted by Gasteiger charge is 2.18. The largest absolute Gasteiger partial charge is 0.462 e. The van der Waals surface area contributed by atoms with E-state index < -0.39 is 17.3 Å². The van der Waals surface area contributed by atoms with Gasteiger partial charge in [-0.3, -0.25) is 14.3 Å². The predicted octanol–water partition coefficient (Wildman–Crippen LogP) is 2.62. The minimum Gasteiger partial charge on any atom is -0.462 e. The van der Waals surface area contributed by atoms with Crippen LogP contribution in [0.3, 0.4) is 0 Å². The van der Waals surface area contributed by atoms with E-state index in [2.05, 4.69) is 20.9 Å². The first-order chi connectivity index (χ1) is 9.95. The van der Waals surface area contributed by atoms with Crippen molar-refractivity contribution in [3.63, 3.8) is 0 Å². The van der Waals surface area contributed by atoms with Crippen LogP contribution >= 0.6 is 15.9 Å². The molecule has 0 N–H and O–H groups in total. The predicted molar refractivity (Wildman–Crippen MR) is 78.2 cm³/mol. The summed E-state index contributed by atoms with van der Waals surface area (Å²) in [4.78, 5) is 28.0. The number of carbonyl (C=O) groups excluding carboxylic acids is 1. The Balaban J connectivity index is 2.71. The molecule has 21 heavy (non-hydrogen) atoms. The topological polar surface area (TPSA) is 61.2 Å². The molecule has 0 aliphatic carbocycles. The number of pyridine rings is 2. The number of ether oxygens (including phenoxy) is 1. The van der Waals surface area contributed by atoms with E-state index in [0.29, 0.717) is 10.2 Å². The van der Waals surface area contributed by atoms with Gasteiger partial charge in [0.05, 0.1) is 24.7 Å². The fourth-order valence-corrected chi connectivity index (χ4v) is 2.27. The molecule has 2 heterocycles. The minimum absolute atomic E-state index is 0.126. The number of hydrogen-bond donors (Lipinski definition) is 0. The van der Waals surface area contributed by atoms with Gasteiger partial charge in [0, 0.05) is 16.2 Å². The lowest BCUT2D eigenvalue weighted by atomic mass is 10.2. The number of rotatable bonds is 3. The van der Waals surface area contributed by atoms with Crippen molar-refractivity contribution in [1.82, 2.24) is 9.55 Å². The van der Waals surface area contributed by atoms with E-state index in [0.717, 1.165) is 6.20 Å². The summed E-state index contributed by atoms with van der Waals surface area (Å²) in [5, 5.41) is 0. The number of esters is 1. The molecule has 0 fully saturated rings. The van der Waals surface area contributed by atoms with Gasteiger partial charge < -0.3 is 4.74 Å². The minimum atomic E-state index is -0.721. The molecule has 110 valence electrons. The molecule has 2 aromatic heterocycles. The molecule has 7 heteroatoms. The summed E-state index contributed by atoms with van der Waals surface area (Å²) < 4.78 is 19.9. The molecule has 2 rings (SSSR count). The Labute approximate surface area is 128 Å². The summed E-state index contributed by atoms with van der Waals surface area (Å²) in [7, 11) is 0. The molecule has 0 radical (unpaired) electrons. The third-order valence-corrected chi connectivity index (χ3v) is 3.63. The normalized spacial score (nSPS) is 10.5. The first-order valence-electron chi connectivity index (χ1n) is 6.16. The Hall–Kier alpha value is -2.02. The Morgan fingerprint density at radius 3 is 2.76 bits per heavy atom. The summed E-state index contributed by atoms with van der Waals surface area (Å²) in [6.45, 7) is 3.48. The second kappa shape index (κ2) is 6.17. The van der Waals surface area contributed by atoms with Crippen molar-refractivity contribution in [2.24, 2.45) is 0 Å². The number of nitrogens with zero attached hydrogens (tertiary/aromatic N) is 2. The Bertz CT molecular complexity index is 758. The van der Waals surface area contributed by atoms with Gasteiger partial charge in [0.2, 0.25) is 0 Å². The van der Waals surface area contributed by atoms with E-state index in [1.807, 2.05) is 0 Å². The van der Waals surface area contributed by atoms with Gasteiger partial charge in [-0.2, -0.15) is 0 Å². The van der Waals surface area contributed by atoms with Crippen molar-refractivity contribution in [2.45, 2.75) is 13.8 Å². The average molecular weight is 355 g/mol. The van der Waals surface area contributed by atoms with Gasteiger partial charge in [-0.1, -0.05) is 0 Å². The molecule has 0 unspecified atom stereocenters. The van der Waals surface area contributed by atoms with Crippen LogP contribution in [0.25, 0.3) is 5.69 Å². The zero-order valence-corrected chi connectivity index (χ0v) is 13.0. The van der Waals surface area contributed by atoms with Gasteiger partial charge in [0.15, 0.2) is 0 Å². The maximum Gasteiger partial charge on any atom is 0.343 e. The molecular formula is C14H12BrFN2O3. The highest BCUT2D eigenvalue weighted by atomic mass is 79.9. The fourth-order valence-electron chi connectivity index (χ4n) is 1.86. The van der Waals surface area contributed by atoms with E-state index >= 15 is 0 Å². The second-order valence-corrected chi connectivity index (χ2v) is 5.07. The van der Waals surface area contributed by atoms with Gasteiger partial charge in [-0.05, 0) is 35.8 Å². The summed E-state index contributed by atoms with van der Waals surface area (Å²) in [6.07, 6.45) is 2.38. The van der Waals surface area contributed by atoms with Crippen LogP contribution in [0.4, 0.5) is 4.39 Å². The quantitative estimate of drug-likeness (QED) is 0.795. The Kier molecular flexibility index (Phi) is 4.52. The SMILES string of the molecule is CCOC(=O)c1cc(Br)c(C)n(-c2cncc(F)c2)c1=O. The van der Waals surface area contributed by atoms with Crippen molar-refractivity contribution in [2.75, 3.05) is 6.61 Å². The molecule has 0 atom stereocenters. The summed E-state index contributed by atoms with van der Waals surface area (Å²) in [6, 6.07) is 2.57. The highest BCUT2D eigenvalue weighted by Crippen LogP contribution is 2.19. The molecular weight excluding hydrogens is 343 g/mol. The maximum absolute atomic E-state index is 13.3. The van der Waals surface area contributed by atoms with Crippen LogP contribution in [0.15, 0.2) is 33.8 Å². The molecule has 0 aliphatic rings. The van der Waals surface area contributed by atoms with Crippen LogP contribution in [-0.2, 0) is 4.74 Å². The summed E-state index contributed by atoms with van der Waals surface area (Å²) in [5.74, 6) is -1.29. The first kappa shape index (κ1) is 15.4. The third kappa shape index (κ3) is 3.02. The molecule has 0 aromatic carbocycles. The smallest absolute Gasteiger partial charge is 0.343 e. The number of hydrogen-bond acceptors (Lipinski definition) is 4. The molecule has 0 spiro atoms. The van der Waals surface area contributed by atoms with E-state index in [4.69, 9.17) is 4.74 Å². The van der Waals surface area contributed by atoms with Gasteiger partial charge in [-0.25, -0.2) is 9.18 Å². The zero-order chi connectivity index (χ0) is 15.6. The van der Waals surface area contributed by atoms with Crippen LogP contribution in [0, 0.1) is 12.7 Å². The molecule has 0 aliphatic heterocycles. The second-order valence-electron chi connectivity index (χ2n) is 4.21. The molecule has 0 bridgehead atoms. The van der Waals surface area contributed by atoms with Gasteiger partial charge in [0.1, 0.15) is 11.4 Å². The Morgan fingerprint density at radius 2 is 2.14 bits per heavy atom. The lowest BCUT2D eigenvalue weighted by molar-refractivity contribution is 0.0523.